The third-order valence-electron chi connectivity index (χ3n) is 2.25. The average molecular weight is 298 g/mol. The summed E-state index contributed by atoms with van der Waals surface area (Å²) in [5, 5.41) is 8.77. The quantitative estimate of drug-likeness (QED) is 0.622. The number of hydrogen-bond acceptors (Lipinski definition) is 1. The predicted molar refractivity (Wildman–Crippen MR) is 42.3 cm³/mol. The number of rotatable bonds is 1. The minimum atomic E-state index is -6.38. The van der Waals surface area contributed by atoms with Gasteiger partial charge in [-0.3, -0.25) is 0 Å². The molecule has 0 aliphatic rings. The van der Waals surface area contributed by atoms with E-state index in [0.29, 0.717) is 0 Å². The first-order valence-corrected chi connectivity index (χ1v) is 4.34. The van der Waals surface area contributed by atoms with Crippen LogP contribution in [0.3, 0.4) is 0 Å². The molecule has 0 aliphatic carbocycles. The molecule has 0 fully saturated rings. The Morgan fingerprint density at radius 3 is 1.53 bits per heavy atom. The highest BCUT2D eigenvalue weighted by Gasteiger charge is 2.72. The van der Waals surface area contributed by atoms with E-state index >= 15 is 0 Å². The van der Waals surface area contributed by atoms with E-state index in [2.05, 4.69) is 0 Å². The van der Waals surface area contributed by atoms with Crippen LogP contribution in [0.25, 0.3) is 0 Å². The molecule has 0 atom stereocenters. The van der Waals surface area contributed by atoms with Gasteiger partial charge in [-0.1, -0.05) is 0 Å². The monoisotopic (exact) mass is 298 g/mol. The summed E-state index contributed by atoms with van der Waals surface area (Å²) in [4.78, 5) is 0. The topological polar surface area (TPSA) is 20.2 Å². The lowest BCUT2D eigenvalue weighted by molar-refractivity contribution is -0.377. The lowest BCUT2D eigenvalue weighted by Crippen LogP contribution is -2.54. The standard InChI is InChI=1S/C9H3F9O/c10-4-2-1-3(5(11)6(4)12)7(19,8(13,14)15)9(16,17)18/h1-2,19H. The van der Waals surface area contributed by atoms with Gasteiger partial charge in [-0.15, -0.1) is 0 Å². The van der Waals surface area contributed by atoms with Crippen molar-refractivity contribution in [2.45, 2.75) is 18.0 Å². The summed E-state index contributed by atoms with van der Waals surface area (Å²) in [6.45, 7) is 0. The van der Waals surface area contributed by atoms with Crippen molar-refractivity contribution in [3.63, 3.8) is 0 Å². The number of hydrogen-bond donors (Lipinski definition) is 1. The van der Waals surface area contributed by atoms with Crippen molar-refractivity contribution in [1.82, 2.24) is 0 Å². The van der Waals surface area contributed by atoms with Crippen LogP contribution in [0.2, 0.25) is 0 Å². The van der Waals surface area contributed by atoms with Gasteiger partial charge in [-0.25, -0.2) is 13.2 Å². The van der Waals surface area contributed by atoms with E-state index in [-0.39, 0.29) is 12.1 Å². The summed E-state index contributed by atoms with van der Waals surface area (Å²) < 4.78 is 112. The first-order valence-electron chi connectivity index (χ1n) is 4.34. The van der Waals surface area contributed by atoms with Gasteiger partial charge in [0.25, 0.3) is 5.60 Å². The van der Waals surface area contributed by atoms with E-state index in [1.165, 1.54) is 0 Å². The Kier molecular flexibility index (Phi) is 3.52. The third kappa shape index (κ3) is 2.24. The largest absolute Gasteiger partial charge is 0.430 e. The summed E-state index contributed by atoms with van der Waals surface area (Å²) in [5.74, 6) is -7.31. The van der Waals surface area contributed by atoms with E-state index < -0.39 is 41.0 Å². The Morgan fingerprint density at radius 1 is 0.737 bits per heavy atom. The Balaban J connectivity index is 3.67. The molecule has 1 rings (SSSR count). The normalized spacial score (nSPS) is 13.8. The van der Waals surface area contributed by atoms with Crippen LogP contribution in [-0.4, -0.2) is 17.5 Å². The van der Waals surface area contributed by atoms with Crippen molar-refractivity contribution >= 4 is 0 Å². The third-order valence-corrected chi connectivity index (χ3v) is 2.25. The van der Waals surface area contributed by atoms with Crippen LogP contribution in [0, 0.1) is 17.5 Å². The fraction of sp³-hybridized carbons (Fsp3) is 0.333. The summed E-state index contributed by atoms with van der Waals surface area (Å²) in [5.41, 5.74) is -8.11. The van der Waals surface area contributed by atoms with Gasteiger partial charge in [0.15, 0.2) is 17.5 Å². The highest BCUT2D eigenvalue weighted by Crippen LogP contribution is 2.50. The zero-order valence-electron chi connectivity index (χ0n) is 8.50. The molecule has 1 nitrogen and oxygen atoms in total. The molecule has 0 heterocycles. The fourth-order valence-electron chi connectivity index (χ4n) is 1.27. The molecule has 1 N–H and O–H groups in total. The molecule has 1 aromatic rings. The molecular weight excluding hydrogens is 295 g/mol. The molecule has 0 unspecified atom stereocenters. The highest BCUT2D eigenvalue weighted by molar-refractivity contribution is 5.29. The molecule has 10 heteroatoms. The molecule has 0 saturated carbocycles. The highest BCUT2D eigenvalue weighted by atomic mass is 19.4. The van der Waals surface area contributed by atoms with E-state index in [1.54, 1.807) is 0 Å². The molecule has 0 spiro atoms. The van der Waals surface area contributed by atoms with Crippen LogP contribution in [0.4, 0.5) is 39.5 Å². The molecule has 1 aromatic carbocycles. The van der Waals surface area contributed by atoms with Crippen molar-refractivity contribution < 1.29 is 44.6 Å². The minimum Gasteiger partial charge on any atom is -0.369 e. The van der Waals surface area contributed by atoms with Gasteiger partial charge < -0.3 is 5.11 Å². The zero-order valence-corrected chi connectivity index (χ0v) is 8.50. The smallest absolute Gasteiger partial charge is 0.369 e. The van der Waals surface area contributed by atoms with Gasteiger partial charge in [0, 0.05) is 5.56 Å². The maximum atomic E-state index is 13.0. The Hall–Kier alpha value is -1.45. The van der Waals surface area contributed by atoms with Crippen molar-refractivity contribution in [1.29, 1.82) is 0 Å². The number of aliphatic hydroxyl groups is 1. The summed E-state index contributed by atoms with van der Waals surface area (Å²) >= 11 is 0. The maximum Gasteiger partial charge on any atom is 0.430 e. The lowest BCUT2D eigenvalue weighted by Gasteiger charge is -2.32. The molecular formula is C9H3F9O. The Bertz CT molecular complexity index is 474. The molecule has 0 aliphatic heterocycles. The number of halogens is 9. The van der Waals surface area contributed by atoms with Gasteiger partial charge in [0.2, 0.25) is 0 Å². The molecule has 0 amide bonds. The number of benzene rings is 1. The second kappa shape index (κ2) is 4.29. The molecule has 19 heavy (non-hydrogen) atoms. The summed E-state index contributed by atoms with van der Waals surface area (Å²) in [7, 11) is 0. The van der Waals surface area contributed by atoms with E-state index in [1.807, 2.05) is 0 Å². The minimum absolute atomic E-state index is 0.157. The van der Waals surface area contributed by atoms with Crippen LogP contribution < -0.4 is 0 Å². The van der Waals surface area contributed by atoms with E-state index in [0.717, 1.165) is 0 Å². The maximum absolute atomic E-state index is 13.0. The van der Waals surface area contributed by atoms with Gasteiger partial charge in [0.05, 0.1) is 0 Å². The molecule has 0 bridgehead atoms. The van der Waals surface area contributed by atoms with E-state index in [9.17, 15) is 39.5 Å². The Morgan fingerprint density at radius 2 is 1.16 bits per heavy atom. The van der Waals surface area contributed by atoms with Crippen LogP contribution in [-0.2, 0) is 5.60 Å². The molecule has 0 saturated heterocycles. The second-order valence-electron chi connectivity index (χ2n) is 3.43. The summed E-state index contributed by atoms with van der Waals surface area (Å²) in [6, 6.07) is -0.481. The van der Waals surface area contributed by atoms with E-state index in [4.69, 9.17) is 5.11 Å². The molecule has 0 radical (unpaired) electrons. The van der Waals surface area contributed by atoms with Gasteiger partial charge in [0.1, 0.15) is 0 Å². The average Bonchev–Trinajstić information content (AvgIpc) is 2.22. The zero-order chi connectivity index (χ0) is 15.2. The van der Waals surface area contributed by atoms with Crippen molar-refractivity contribution in [2.24, 2.45) is 0 Å². The number of alkyl halides is 6. The van der Waals surface area contributed by atoms with Crippen LogP contribution in [0.1, 0.15) is 5.56 Å². The van der Waals surface area contributed by atoms with Gasteiger partial charge in [-0.05, 0) is 12.1 Å². The summed E-state index contributed by atoms with van der Waals surface area (Å²) in [6.07, 6.45) is -12.8. The second-order valence-corrected chi connectivity index (χ2v) is 3.43. The fourth-order valence-corrected chi connectivity index (χ4v) is 1.27. The first-order chi connectivity index (χ1) is 8.34. The van der Waals surface area contributed by atoms with Crippen LogP contribution in [0.15, 0.2) is 12.1 Å². The van der Waals surface area contributed by atoms with Crippen LogP contribution >= 0.6 is 0 Å². The predicted octanol–water partition coefficient (Wildman–Crippen LogP) is 3.42. The SMILES string of the molecule is OC(c1ccc(F)c(F)c1F)(C(F)(F)F)C(F)(F)F. The van der Waals surface area contributed by atoms with Gasteiger partial charge in [-0.2, -0.15) is 26.3 Å². The first kappa shape index (κ1) is 15.6. The molecule has 0 aromatic heterocycles. The lowest BCUT2D eigenvalue weighted by atomic mass is 9.91. The van der Waals surface area contributed by atoms with Crippen LogP contribution in [0.5, 0.6) is 0 Å². The van der Waals surface area contributed by atoms with Crippen molar-refractivity contribution in [3.8, 4) is 0 Å². The van der Waals surface area contributed by atoms with Crippen molar-refractivity contribution in [3.05, 3.63) is 35.1 Å². The van der Waals surface area contributed by atoms with Gasteiger partial charge >= 0.3 is 12.4 Å². The molecule has 108 valence electrons. The van der Waals surface area contributed by atoms with Crippen molar-refractivity contribution in [2.75, 3.05) is 0 Å². The Labute approximate surface area is 98.8 Å².